The molecule has 1 heterocycles. The Labute approximate surface area is 167 Å². The van der Waals surface area contributed by atoms with Gasteiger partial charge in [-0.2, -0.15) is 0 Å². The largest absolute Gasteiger partial charge is 0.507 e. The van der Waals surface area contributed by atoms with Crippen molar-refractivity contribution in [2.24, 2.45) is 0 Å². The van der Waals surface area contributed by atoms with E-state index in [9.17, 15) is 19.5 Å². The van der Waals surface area contributed by atoms with Gasteiger partial charge in [-0.3, -0.25) is 14.4 Å². The number of aldehydes is 1. The molecule has 152 valence electrons. The number of carboxylic acids is 1. The number of phenols is 1. The molecule has 0 unspecified atom stereocenters. The van der Waals surface area contributed by atoms with E-state index in [-0.39, 0.29) is 42.6 Å². The summed E-state index contributed by atoms with van der Waals surface area (Å²) < 4.78 is 11.2. The van der Waals surface area contributed by atoms with Crippen molar-refractivity contribution in [2.75, 3.05) is 26.4 Å². The average Bonchev–Trinajstić information content (AvgIpc) is 2.72. The molecule has 1 aliphatic heterocycles. The topological polar surface area (TPSA) is 113 Å². The van der Waals surface area contributed by atoms with E-state index in [1.807, 2.05) is 0 Å². The van der Waals surface area contributed by atoms with E-state index >= 15 is 0 Å². The minimum Gasteiger partial charge on any atom is -0.507 e. The van der Waals surface area contributed by atoms with Crippen LogP contribution in [0.4, 0.5) is 0 Å². The number of carbonyl (C=O) groups excluding carboxylic acids is 2. The van der Waals surface area contributed by atoms with E-state index in [1.54, 1.807) is 41.3 Å². The fraction of sp³-hybridized carbons (Fsp3) is 0.286. The molecule has 8 heteroatoms. The second-order valence-corrected chi connectivity index (χ2v) is 6.57. The molecule has 1 aliphatic rings. The van der Waals surface area contributed by atoms with Crippen LogP contribution in [0.1, 0.15) is 26.3 Å². The first kappa shape index (κ1) is 20.3. The Balaban J connectivity index is 1.78. The maximum atomic E-state index is 13.1. The van der Waals surface area contributed by atoms with Gasteiger partial charge in [-0.15, -0.1) is 0 Å². The molecule has 2 N–H and O–H groups in total. The summed E-state index contributed by atoms with van der Waals surface area (Å²) in [6, 6.07) is 10.7. The van der Waals surface area contributed by atoms with Gasteiger partial charge in [0.1, 0.15) is 18.1 Å². The third-order valence-electron chi connectivity index (χ3n) is 4.67. The highest BCUT2D eigenvalue weighted by atomic mass is 16.5. The lowest BCUT2D eigenvalue weighted by Gasteiger charge is -2.35. The molecule has 2 aromatic carbocycles. The molecule has 0 aliphatic carbocycles. The lowest BCUT2D eigenvalue weighted by atomic mass is 10.0. The predicted molar refractivity (Wildman–Crippen MR) is 102 cm³/mol. The van der Waals surface area contributed by atoms with Crippen LogP contribution in [0, 0.1) is 0 Å². The van der Waals surface area contributed by atoms with Crippen molar-refractivity contribution in [2.45, 2.75) is 12.5 Å². The van der Waals surface area contributed by atoms with Crippen LogP contribution in [-0.2, 0) is 16.0 Å². The first-order chi connectivity index (χ1) is 14.0. The van der Waals surface area contributed by atoms with Gasteiger partial charge in [-0.05, 0) is 23.8 Å². The summed E-state index contributed by atoms with van der Waals surface area (Å²) in [5.74, 6) is -1.29. The Morgan fingerprint density at radius 3 is 2.76 bits per heavy atom. The second kappa shape index (κ2) is 9.20. The molecule has 3 rings (SSSR count). The van der Waals surface area contributed by atoms with Crippen molar-refractivity contribution >= 4 is 18.2 Å². The molecule has 0 spiro atoms. The molecular formula is C21H21NO7. The molecular weight excluding hydrogens is 378 g/mol. The van der Waals surface area contributed by atoms with Gasteiger partial charge >= 0.3 is 5.97 Å². The van der Waals surface area contributed by atoms with Crippen LogP contribution in [0.2, 0.25) is 0 Å². The zero-order valence-electron chi connectivity index (χ0n) is 15.6. The fourth-order valence-corrected chi connectivity index (χ4v) is 3.22. The summed E-state index contributed by atoms with van der Waals surface area (Å²) in [7, 11) is 0. The molecule has 1 saturated heterocycles. The minimum atomic E-state index is -1.02. The van der Waals surface area contributed by atoms with Crippen LogP contribution in [0.5, 0.6) is 11.5 Å². The van der Waals surface area contributed by atoms with Crippen LogP contribution >= 0.6 is 0 Å². The molecule has 1 atom stereocenters. The number of rotatable bonds is 7. The van der Waals surface area contributed by atoms with E-state index in [0.29, 0.717) is 30.6 Å². The Morgan fingerprint density at radius 1 is 1.21 bits per heavy atom. The first-order valence-electron chi connectivity index (χ1n) is 9.09. The van der Waals surface area contributed by atoms with Crippen molar-refractivity contribution in [1.29, 1.82) is 0 Å². The monoisotopic (exact) mass is 399 g/mol. The maximum absolute atomic E-state index is 13.1. The van der Waals surface area contributed by atoms with Crippen molar-refractivity contribution < 1.29 is 34.1 Å². The zero-order chi connectivity index (χ0) is 20.8. The molecule has 29 heavy (non-hydrogen) atoms. The van der Waals surface area contributed by atoms with Gasteiger partial charge in [-0.1, -0.05) is 24.3 Å². The number of nitrogens with zero attached hydrogens (tertiary/aromatic N) is 1. The molecule has 0 saturated carbocycles. The Hall–Kier alpha value is -3.39. The number of amides is 1. The summed E-state index contributed by atoms with van der Waals surface area (Å²) in [6.45, 7) is 0.975. The highest BCUT2D eigenvalue weighted by Gasteiger charge is 2.30. The second-order valence-electron chi connectivity index (χ2n) is 6.57. The van der Waals surface area contributed by atoms with Crippen molar-refractivity contribution in [3.05, 3.63) is 59.2 Å². The average molecular weight is 399 g/mol. The summed E-state index contributed by atoms with van der Waals surface area (Å²) >= 11 is 0. The van der Waals surface area contributed by atoms with Crippen LogP contribution in [-0.4, -0.2) is 65.7 Å². The molecule has 0 radical (unpaired) electrons. The number of morpholine rings is 1. The number of aliphatic carboxylic acids is 1. The zero-order valence-corrected chi connectivity index (χ0v) is 15.6. The number of hydrogen-bond donors (Lipinski definition) is 2. The summed E-state index contributed by atoms with van der Waals surface area (Å²) in [5.41, 5.74) is 0.800. The minimum absolute atomic E-state index is 0.0360. The van der Waals surface area contributed by atoms with Crippen LogP contribution in [0.25, 0.3) is 0 Å². The lowest BCUT2D eigenvalue weighted by molar-refractivity contribution is -0.136. The van der Waals surface area contributed by atoms with E-state index in [4.69, 9.17) is 14.6 Å². The van der Waals surface area contributed by atoms with E-state index in [1.165, 1.54) is 6.07 Å². The number of carbonyl (C=O) groups is 3. The third kappa shape index (κ3) is 4.72. The van der Waals surface area contributed by atoms with E-state index in [0.717, 1.165) is 0 Å². The number of phenolic OH excluding ortho intramolecular Hbond substituents is 1. The number of hydrogen-bond acceptors (Lipinski definition) is 6. The van der Waals surface area contributed by atoms with Crippen molar-refractivity contribution in [1.82, 2.24) is 4.90 Å². The number of benzene rings is 2. The van der Waals surface area contributed by atoms with Crippen molar-refractivity contribution in [3.63, 3.8) is 0 Å². The molecule has 8 nitrogen and oxygen atoms in total. The third-order valence-corrected chi connectivity index (χ3v) is 4.67. The summed E-state index contributed by atoms with van der Waals surface area (Å²) in [6.07, 6.45) is 0.256. The summed E-state index contributed by atoms with van der Waals surface area (Å²) in [4.78, 5) is 37.0. The number of aromatic hydroxyl groups is 1. The van der Waals surface area contributed by atoms with Crippen LogP contribution in [0.15, 0.2) is 42.5 Å². The highest BCUT2D eigenvalue weighted by Crippen LogP contribution is 2.26. The molecule has 1 fully saturated rings. The fourth-order valence-electron chi connectivity index (χ4n) is 3.22. The summed E-state index contributed by atoms with van der Waals surface area (Å²) in [5, 5.41) is 18.9. The van der Waals surface area contributed by atoms with Gasteiger partial charge in [0.25, 0.3) is 5.91 Å². The SMILES string of the molecule is O=Cc1c(O)cccc1OC[C@@H]1COCCN1C(=O)c1ccccc1CC(=O)O. The standard InChI is InChI=1S/C21H21NO7/c23-11-17-18(24)6-3-7-19(17)29-13-15-12-28-9-8-22(15)21(27)16-5-2-1-4-14(16)10-20(25)26/h1-7,11,15,24H,8-10,12-13H2,(H,25,26)/t15-/m0/s1. The highest BCUT2D eigenvalue weighted by molar-refractivity contribution is 5.97. The van der Waals surface area contributed by atoms with Gasteiger partial charge in [0.15, 0.2) is 6.29 Å². The Kier molecular flexibility index (Phi) is 6.46. The smallest absolute Gasteiger partial charge is 0.307 e. The molecule has 0 bridgehead atoms. The Morgan fingerprint density at radius 2 is 2.00 bits per heavy atom. The van der Waals surface area contributed by atoms with Gasteiger partial charge in [-0.25, -0.2) is 0 Å². The normalized spacial score (nSPS) is 16.3. The quantitative estimate of drug-likeness (QED) is 0.682. The number of ether oxygens (including phenoxy) is 2. The Bertz CT molecular complexity index is 912. The van der Waals surface area contributed by atoms with Gasteiger partial charge in [0.2, 0.25) is 0 Å². The van der Waals surface area contributed by atoms with Crippen LogP contribution in [0.3, 0.4) is 0 Å². The van der Waals surface area contributed by atoms with E-state index in [2.05, 4.69) is 0 Å². The van der Waals surface area contributed by atoms with Crippen LogP contribution < -0.4 is 4.74 Å². The van der Waals surface area contributed by atoms with E-state index < -0.39 is 12.0 Å². The van der Waals surface area contributed by atoms with Gasteiger partial charge < -0.3 is 24.6 Å². The lowest BCUT2D eigenvalue weighted by Crippen LogP contribution is -2.51. The maximum Gasteiger partial charge on any atom is 0.307 e. The first-order valence-corrected chi connectivity index (χ1v) is 9.09. The number of carboxylic acid groups (broad SMARTS) is 1. The molecule has 0 aromatic heterocycles. The van der Waals surface area contributed by atoms with Crippen molar-refractivity contribution in [3.8, 4) is 11.5 Å². The van der Waals surface area contributed by atoms with Gasteiger partial charge in [0, 0.05) is 12.1 Å². The molecule has 1 amide bonds. The predicted octanol–water partition coefficient (Wildman–Crippen LogP) is 1.75. The van der Waals surface area contributed by atoms with Gasteiger partial charge in [0.05, 0.1) is 31.2 Å². The molecule has 2 aromatic rings.